The van der Waals surface area contributed by atoms with Crippen LogP contribution in [0.5, 0.6) is 0 Å². The van der Waals surface area contributed by atoms with Crippen molar-refractivity contribution in [2.45, 2.75) is 19.5 Å². The van der Waals surface area contributed by atoms with Crippen molar-refractivity contribution in [3.8, 4) is 0 Å². The third-order valence-electron chi connectivity index (χ3n) is 6.53. The zero-order valence-electron chi connectivity index (χ0n) is 20.3. The van der Waals surface area contributed by atoms with Crippen LogP contribution in [0, 0.1) is 0 Å². The molecule has 2 amide bonds. The van der Waals surface area contributed by atoms with E-state index in [0.717, 1.165) is 44.1 Å². The van der Waals surface area contributed by atoms with E-state index in [9.17, 15) is 9.59 Å². The van der Waals surface area contributed by atoms with Crippen molar-refractivity contribution in [2.75, 3.05) is 36.9 Å². The van der Waals surface area contributed by atoms with Gasteiger partial charge in [-0.2, -0.15) is 0 Å². The summed E-state index contributed by atoms with van der Waals surface area (Å²) in [6.07, 6.45) is 1.71. The lowest BCUT2D eigenvalue weighted by Gasteiger charge is -2.26. The summed E-state index contributed by atoms with van der Waals surface area (Å²) in [7, 11) is 0. The Kier molecular flexibility index (Phi) is 7.11. The highest BCUT2D eigenvalue weighted by Gasteiger charge is 2.25. The Hall–Kier alpha value is -3.94. The molecule has 3 N–H and O–H groups in total. The van der Waals surface area contributed by atoms with Crippen molar-refractivity contribution in [1.29, 1.82) is 0 Å². The van der Waals surface area contributed by atoms with E-state index in [1.807, 2.05) is 49.4 Å². The molecule has 0 aliphatic carbocycles. The monoisotopic (exact) mass is 482 g/mol. The number of carbonyl (C=O) groups is 2. The van der Waals surface area contributed by atoms with Gasteiger partial charge in [0.15, 0.2) is 0 Å². The fourth-order valence-electron chi connectivity index (χ4n) is 4.51. The normalized spacial score (nSPS) is 17.4. The van der Waals surface area contributed by atoms with E-state index < -0.39 is 0 Å². The van der Waals surface area contributed by atoms with Crippen LogP contribution in [0.3, 0.4) is 0 Å². The van der Waals surface area contributed by atoms with Gasteiger partial charge in [0, 0.05) is 48.3 Å². The average Bonchev–Trinajstić information content (AvgIpc) is 3.22. The Morgan fingerprint density at radius 2 is 1.86 bits per heavy atom. The Bertz CT molecular complexity index is 1280. The first-order chi connectivity index (χ1) is 17.6. The number of amides is 2. The van der Waals surface area contributed by atoms with Crippen LogP contribution in [-0.2, 0) is 16.1 Å². The van der Waals surface area contributed by atoms with E-state index in [0.29, 0.717) is 22.4 Å². The predicted octanol–water partition coefficient (Wildman–Crippen LogP) is 4.41. The molecule has 1 saturated heterocycles. The average molecular weight is 483 g/mol. The maximum Gasteiger partial charge on any atom is 0.257 e. The summed E-state index contributed by atoms with van der Waals surface area (Å²) in [6.45, 7) is 6.21. The molecule has 3 aromatic carbocycles. The van der Waals surface area contributed by atoms with Crippen molar-refractivity contribution in [3.05, 3.63) is 101 Å². The molecule has 2 aliphatic heterocycles. The van der Waals surface area contributed by atoms with Crippen molar-refractivity contribution in [1.82, 2.24) is 10.2 Å². The van der Waals surface area contributed by atoms with E-state index >= 15 is 0 Å². The van der Waals surface area contributed by atoms with Gasteiger partial charge in [0.1, 0.15) is 0 Å². The first kappa shape index (κ1) is 23.8. The molecule has 0 bridgehead atoms. The van der Waals surface area contributed by atoms with E-state index in [2.05, 4.69) is 33.0 Å². The molecule has 1 atom stereocenters. The van der Waals surface area contributed by atoms with Crippen molar-refractivity contribution >= 4 is 28.8 Å². The summed E-state index contributed by atoms with van der Waals surface area (Å²) >= 11 is 0. The molecule has 0 unspecified atom stereocenters. The van der Waals surface area contributed by atoms with Gasteiger partial charge in [-0.05, 0) is 48.4 Å². The minimum atomic E-state index is -0.197. The van der Waals surface area contributed by atoms with E-state index in [1.165, 1.54) is 5.56 Å². The fourth-order valence-corrected chi connectivity index (χ4v) is 4.51. The van der Waals surface area contributed by atoms with Crippen molar-refractivity contribution in [2.24, 2.45) is 0 Å². The van der Waals surface area contributed by atoms with Crippen LogP contribution in [0.2, 0.25) is 0 Å². The Balaban J connectivity index is 1.30. The lowest BCUT2D eigenvalue weighted by atomic mass is 10.0. The molecule has 5 rings (SSSR count). The molecule has 2 aliphatic rings. The maximum atomic E-state index is 12.9. The van der Waals surface area contributed by atoms with Gasteiger partial charge in [-0.3, -0.25) is 14.5 Å². The molecule has 7 nitrogen and oxygen atoms in total. The smallest absolute Gasteiger partial charge is 0.257 e. The second-order valence-corrected chi connectivity index (χ2v) is 9.11. The minimum absolute atomic E-state index is 0.131. The van der Waals surface area contributed by atoms with Crippen molar-refractivity contribution in [3.63, 3.8) is 0 Å². The molecule has 0 radical (unpaired) electrons. The highest BCUT2D eigenvalue weighted by molar-refractivity contribution is 6.32. The SMILES string of the molecule is C[C@H](NC(=O)c1ccc2c(c1)/C(=C/Nc1cccc(CN3CCOCC3)c1)C(=O)N2)c1ccccc1. The van der Waals surface area contributed by atoms with E-state index in [-0.39, 0.29) is 17.9 Å². The topological polar surface area (TPSA) is 82.7 Å². The number of nitrogens with zero attached hydrogens (tertiary/aromatic N) is 1. The Morgan fingerprint density at radius 1 is 1.06 bits per heavy atom. The quantitative estimate of drug-likeness (QED) is 0.435. The van der Waals surface area contributed by atoms with Crippen LogP contribution in [0.15, 0.2) is 79.0 Å². The second kappa shape index (κ2) is 10.8. The molecule has 0 spiro atoms. The molecular weight excluding hydrogens is 452 g/mol. The van der Waals surface area contributed by atoms with Crippen LogP contribution in [-0.4, -0.2) is 43.0 Å². The molecule has 7 heteroatoms. The summed E-state index contributed by atoms with van der Waals surface area (Å²) in [6, 6.07) is 23.1. The third kappa shape index (κ3) is 5.48. The maximum absolute atomic E-state index is 12.9. The summed E-state index contributed by atoms with van der Waals surface area (Å²) in [4.78, 5) is 28.0. The van der Waals surface area contributed by atoms with Crippen LogP contribution >= 0.6 is 0 Å². The lowest BCUT2D eigenvalue weighted by molar-refractivity contribution is -0.110. The molecule has 0 saturated carbocycles. The fraction of sp³-hybridized carbons (Fsp3) is 0.241. The number of fused-ring (bicyclic) bond motifs is 1. The first-order valence-electron chi connectivity index (χ1n) is 12.2. The first-order valence-corrected chi connectivity index (χ1v) is 12.2. The highest BCUT2D eigenvalue weighted by Crippen LogP contribution is 2.32. The largest absolute Gasteiger partial charge is 0.379 e. The van der Waals surface area contributed by atoms with Crippen LogP contribution in [0.25, 0.3) is 5.57 Å². The van der Waals surface area contributed by atoms with E-state index in [4.69, 9.17) is 4.74 Å². The van der Waals surface area contributed by atoms with Crippen molar-refractivity contribution < 1.29 is 14.3 Å². The molecule has 1 fully saturated rings. The van der Waals surface area contributed by atoms with Crippen LogP contribution < -0.4 is 16.0 Å². The van der Waals surface area contributed by atoms with Gasteiger partial charge in [-0.15, -0.1) is 0 Å². The zero-order chi connectivity index (χ0) is 24.9. The lowest BCUT2D eigenvalue weighted by Crippen LogP contribution is -2.35. The van der Waals surface area contributed by atoms with Gasteiger partial charge in [0.05, 0.1) is 24.8 Å². The van der Waals surface area contributed by atoms with Gasteiger partial charge in [0.2, 0.25) is 0 Å². The standard InChI is InChI=1S/C29H30N4O3/c1-20(22-7-3-2-4-8-22)31-28(34)23-10-11-27-25(17-23)26(29(35)32-27)18-30-24-9-5-6-21(16-24)19-33-12-14-36-15-13-33/h2-11,16-18,20,30H,12-15,19H2,1H3,(H,31,34)(H,32,35)/b26-18-/t20-/m0/s1. The zero-order valence-corrected chi connectivity index (χ0v) is 20.3. The third-order valence-corrected chi connectivity index (χ3v) is 6.53. The molecule has 36 heavy (non-hydrogen) atoms. The molecule has 184 valence electrons. The number of benzene rings is 3. The number of morpholine rings is 1. The molecule has 0 aromatic heterocycles. The second-order valence-electron chi connectivity index (χ2n) is 9.11. The number of anilines is 2. The highest BCUT2D eigenvalue weighted by atomic mass is 16.5. The number of ether oxygens (including phenoxy) is 1. The number of hydrogen-bond acceptors (Lipinski definition) is 5. The van der Waals surface area contributed by atoms with Crippen LogP contribution in [0.4, 0.5) is 11.4 Å². The molecule has 2 heterocycles. The number of nitrogens with one attached hydrogen (secondary N) is 3. The van der Waals surface area contributed by atoms with Gasteiger partial charge in [-0.1, -0.05) is 42.5 Å². The summed E-state index contributed by atoms with van der Waals surface area (Å²) in [5, 5.41) is 9.19. The molecule has 3 aromatic rings. The van der Waals surface area contributed by atoms with Gasteiger partial charge in [-0.25, -0.2) is 0 Å². The molecular formula is C29H30N4O3. The van der Waals surface area contributed by atoms with Gasteiger partial charge < -0.3 is 20.7 Å². The minimum Gasteiger partial charge on any atom is -0.379 e. The predicted molar refractivity (Wildman–Crippen MR) is 142 cm³/mol. The number of hydrogen-bond donors (Lipinski definition) is 3. The van der Waals surface area contributed by atoms with Gasteiger partial charge >= 0.3 is 0 Å². The number of carbonyl (C=O) groups excluding carboxylic acids is 2. The Morgan fingerprint density at radius 3 is 2.67 bits per heavy atom. The Labute approximate surface area is 211 Å². The summed E-state index contributed by atoms with van der Waals surface area (Å²) in [5.41, 5.74) is 5.53. The number of rotatable bonds is 7. The van der Waals surface area contributed by atoms with Crippen LogP contribution in [0.1, 0.15) is 40.0 Å². The summed E-state index contributed by atoms with van der Waals surface area (Å²) < 4.78 is 5.43. The van der Waals surface area contributed by atoms with E-state index in [1.54, 1.807) is 24.4 Å². The van der Waals surface area contributed by atoms with Gasteiger partial charge in [0.25, 0.3) is 11.8 Å². The summed E-state index contributed by atoms with van der Waals surface area (Å²) in [5.74, 6) is -0.381.